The summed E-state index contributed by atoms with van der Waals surface area (Å²) in [6.45, 7) is 1.20. The molecule has 1 unspecified atom stereocenters. The Morgan fingerprint density at radius 2 is 1.95 bits per heavy atom. The number of benzene rings is 1. The minimum atomic E-state index is 0.308. The van der Waals surface area contributed by atoms with Gasteiger partial charge in [0.2, 0.25) is 0 Å². The van der Waals surface area contributed by atoms with Crippen molar-refractivity contribution in [2.24, 2.45) is 0 Å². The van der Waals surface area contributed by atoms with E-state index in [0.29, 0.717) is 19.3 Å². The second-order valence-electron chi connectivity index (χ2n) is 5.14. The van der Waals surface area contributed by atoms with Crippen LogP contribution in [0.15, 0.2) is 22.7 Å². The molecule has 1 aliphatic carbocycles. The molecule has 6 heteroatoms. The molecule has 3 nitrogen and oxygen atoms in total. The van der Waals surface area contributed by atoms with Gasteiger partial charge in [0.05, 0.1) is 16.1 Å². The molecule has 1 aliphatic heterocycles. The molecule has 110 valence electrons. The van der Waals surface area contributed by atoms with Gasteiger partial charge in [0.1, 0.15) is 13.2 Å². The number of aryl methyl sites for hydroxylation is 1. The average Bonchev–Trinajstić information content (AvgIpc) is 3.00. The van der Waals surface area contributed by atoms with Crippen molar-refractivity contribution in [1.82, 2.24) is 0 Å². The monoisotopic (exact) mass is 385 g/mol. The molecule has 0 saturated carbocycles. The fourth-order valence-electron chi connectivity index (χ4n) is 2.84. The van der Waals surface area contributed by atoms with Crippen LogP contribution in [-0.2, 0) is 6.42 Å². The van der Waals surface area contributed by atoms with Crippen LogP contribution in [-0.4, -0.2) is 13.2 Å². The quantitative estimate of drug-likeness (QED) is 0.785. The molecule has 0 spiro atoms. The lowest BCUT2D eigenvalue weighted by Gasteiger charge is -2.22. The zero-order valence-corrected chi connectivity index (χ0v) is 14.3. The van der Waals surface area contributed by atoms with E-state index >= 15 is 0 Å². The van der Waals surface area contributed by atoms with E-state index < -0.39 is 0 Å². The number of hydrogen-bond donors (Lipinski definition) is 1. The fraction of sp³-hybridized carbons (Fsp3) is 0.333. The first-order chi connectivity index (χ1) is 10.2. The van der Waals surface area contributed by atoms with Gasteiger partial charge in [0, 0.05) is 21.5 Å². The van der Waals surface area contributed by atoms with Crippen LogP contribution in [0.3, 0.4) is 0 Å². The minimum Gasteiger partial charge on any atom is -0.486 e. The van der Waals surface area contributed by atoms with Crippen molar-refractivity contribution >= 4 is 44.6 Å². The van der Waals surface area contributed by atoms with E-state index in [1.54, 1.807) is 11.3 Å². The summed E-state index contributed by atoms with van der Waals surface area (Å²) >= 11 is 11.4. The summed E-state index contributed by atoms with van der Waals surface area (Å²) in [4.78, 5) is 1.39. The second-order valence-corrected chi connectivity index (χ2v) is 7.76. The third-order valence-electron chi connectivity index (χ3n) is 3.81. The number of thiophene rings is 1. The van der Waals surface area contributed by atoms with Crippen molar-refractivity contribution in [2.75, 3.05) is 18.5 Å². The minimum absolute atomic E-state index is 0.308. The Labute approximate surface area is 140 Å². The van der Waals surface area contributed by atoms with Crippen molar-refractivity contribution in [3.63, 3.8) is 0 Å². The number of nitrogens with one attached hydrogen (secondary N) is 1. The molecule has 2 aromatic rings. The summed E-state index contributed by atoms with van der Waals surface area (Å²) in [6, 6.07) is 6.36. The van der Waals surface area contributed by atoms with Gasteiger partial charge >= 0.3 is 0 Å². The number of ether oxygens (including phenoxy) is 2. The van der Waals surface area contributed by atoms with Crippen LogP contribution < -0.4 is 14.8 Å². The third-order valence-corrected chi connectivity index (χ3v) is 5.80. The molecule has 1 atom stereocenters. The standard InChI is InChI=1S/C15H13BrClNO2S/c16-9-6-12-13(20-4-3-19-12)7-11(9)18-10-1-2-14-8(10)5-15(17)21-14/h5-7,10,18H,1-4H2. The molecule has 21 heavy (non-hydrogen) atoms. The maximum absolute atomic E-state index is 6.12. The predicted octanol–water partition coefficient (Wildman–Crippen LogP) is 5.03. The van der Waals surface area contributed by atoms with Gasteiger partial charge in [-0.15, -0.1) is 11.3 Å². The zero-order valence-electron chi connectivity index (χ0n) is 11.1. The van der Waals surface area contributed by atoms with Gasteiger partial charge in [0.15, 0.2) is 11.5 Å². The predicted molar refractivity (Wildman–Crippen MR) is 89.1 cm³/mol. The van der Waals surface area contributed by atoms with Crippen molar-refractivity contribution < 1.29 is 9.47 Å². The summed E-state index contributed by atoms with van der Waals surface area (Å²) in [6.07, 6.45) is 2.19. The normalized spacial score (nSPS) is 19.4. The molecular weight excluding hydrogens is 374 g/mol. The largest absolute Gasteiger partial charge is 0.486 e. The lowest BCUT2D eigenvalue weighted by Crippen LogP contribution is -2.16. The van der Waals surface area contributed by atoms with Crippen LogP contribution in [0.5, 0.6) is 11.5 Å². The van der Waals surface area contributed by atoms with Crippen LogP contribution in [0.4, 0.5) is 5.69 Å². The summed E-state index contributed by atoms with van der Waals surface area (Å²) in [5.74, 6) is 1.60. The summed E-state index contributed by atoms with van der Waals surface area (Å²) < 4.78 is 13.1. The number of hydrogen-bond acceptors (Lipinski definition) is 4. The zero-order chi connectivity index (χ0) is 14.4. The van der Waals surface area contributed by atoms with Gasteiger partial charge in [-0.3, -0.25) is 0 Å². The Morgan fingerprint density at radius 1 is 1.19 bits per heavy atom. The molecule has 2 aliphatic rings. The lowest BCUT2D eigenvalue weighted by atomic mass is 10.1. The van der Waals surface area contributed by atoms with Gasteiger partial charge in [-0.25, -0.2) is 0 Å². The van der Waals surface area contributed by atoms with E-state index in [9.17, 15) is 0 Å². The third kappa shape index (κ3) is 2.51. The van der Waals surface area contributed by atoms with Crippen molar-refractivity contribution in [3.8, 4) is 11.5 Å². The topological polar surface area (TPSA) is 30.5 Å². The van der Waals surface area contributed by atoms with Crippen molar-refractivity contribution in [3.05, 3.63) is 37.4 Å². The van der Waals surface area contributed by atoms with Crippen LogP contribution in [0.2, 0.25) is 4.34 Å². The summed E-state index contributed by atoms with van der Waals surface area (Å²) in [7, 11) is 0. The number of fused-ring (bicyclic) bond motifs is 2. The lowest BCUT2D eigenvalue weighted by molar-refractivity contribution is 0.171. The molecule has 1 aromatic heterocycles. The van der Waals surface area contributed by atoms with E-state index in [-0.39, 0.29) is 0 Å². The highest BCUT2D eigenvalue weighted by Gasteiger charge is 2.26. The molecule has 1 N–H and O–H groups in total. The Balaban J connectivity index is 1.63. The van der Waals surface area contributed by atoms with E-state index in [2.05, 4.69) is 27.3 Å². The first kappa shape index (κ1) is 13.7. The second kappa shape index (κ2) is 5.38. The highest BCUT2D eigenvalue weighted by atomic mass is 79.9. The Hall–Kier alpha value is -0.910. The van der Waals surface area contributed by atoms with Crippen LogP contribution in [0.1, 0.15) is 22.9 Å². The van der Waals surface area contributed by atoms with Crippen molar-refractivity contribution in [1.29, 1.82) is 0 Å². The molecule has 4 rings (SSSR count). The van der Waals surface area contributed by atoms with E-state index in [0.717, 1.165) is 38.8 Å². The Bertz CT molecular complexity index is 703. The summed E-state index contributed by atoms with van der Waals surface area (Å²) in [5, 5.41) is 3.59. The Kier molecular flexibility index (Phi) is 3.52. The van der Waals surface area contributed by atoms with E-state index in [1.165, 1.54) is 10.4 Å². The molecule has 0 bridgehead atoms. The first-order valence-corrected chi connectivity index (χ1v) is 8.83. The molecule has 0 saturated heterocycles. The van der Waals surface area contributed by atoms with Crippen molar-refractivity contribution in [2.45, 2.75) is 18.9 Å². The number of anilines is 1. The molecule has 1 aromatic carbocycles. The van der Waals surface area contributed by atoms with Gasteiger partial charge in [0.25, 0.3) is 0 Å². The molecular formula is C15H13BrClNO2S. The molecule has 2 heterocycles. The van der Waals surface area contributed by atoms with E-state index in [1.807, 2.05) is 12.1 Å². The fourth-order valence-corrected chi connectivity index (χ4v) is 4.64. The van der Waals surface area contributed by atoms with Gasteiger partial charge < -0.3 is 14.8 Å². The van der Waals surface area contributed by atoms with Crippen LogP contribution in [0, 0.1) is 0 Å². The Morgan fingerprint density at radius 3 is 2.76 bits per heavy atom. The van der Waals surface area contributed by atoms with Gasteiger partial charge in [-0.1, -0.05) is 11.6 Å². The molecule has 0 radical (unpaired) electrons. The molecule has 0 amide bonds. The maximum atomic E-state index is 6.12. The summed E-state index contributed by atoms with van der Waals surface area (Å²) in [5.41, 5.74) is 2.35. The first-order valence-electron chi connectivity index (χ1n) is 6.84. The maximum Gasteiger partial charge on any atom is 0.163 e. The van der Waals surface area contributed by atoms with Crippen LogP contribution >= 0.6 is 38.9 Å². The van der Waals surface area contributed by atoms with Gasteiger partial charge in [-0.2, -0.15) is 0 Å². The van der Waals surface area contributed by atoms with Gasteiger partial charge in [-0.05, 0) is 40.4 Å². The van der Waals surface area contributed by atoms with Crippen LogP contribution in [0.25, 0.3) is 0 Å². The number of rotatable bonds is 2. The SMILES string of the molecule is Clc1cc2c(s1)CCC2Nc1cc2c(cc1Br)OCCO2. The average molecular weight is 387 g/mol. The molecule has 0 fully saturated rings. The van der Waals surface area contributed by atoms with E-state index in [4.69, 9.17) is 21.1 Å². The highest BCUT2D eigenvalue weighted by molar-refractivity contribution is 9.10. The smallest absolute Gasteiger partial charge is 0.163 e. The highest BCUT2D eigenvalue weighted by Crippen LogP contribution is 2.44. The number of halogens is 2.